The van der Waals surface area contributed by atoms with Gasteiger partial charge in [-0.1, -0.05) is 24.1 Å². The van der Waals surface area contributed by atoms with Gasteiger partial charge in [0.1, 0.15) is 0 Å². The summed E-state index contributed by atoms with van der Waals surface area (Å²) in [6, 6.07) is 7.15. The Hall–Kier alpha value is -2.96. The number of anilines is 2. The average Bonchev–Trinajstić information content (AvgIpc) is 2.94. The lowest BCUT2D eigenvalue weighted by Gasteiger charge is -2.37. The average molecular weight is 602 g/mol. The van der Waals surface area contributed by atoms with E-state index in [1.165, 1.54) is 18.2 Å². The summed E-state index contributed by atoms with van der Waals surface area (Å²) >= 11 is 6.17. The van der Waals surface area contributed by atoms with Crippen molar-refractivity contribution in [1.82, 2.24) is 15.5 Å². The number of benzene rings is 2. The predicted octanol–water partition coefficient (Wildman–Crippen LogP) is 5.09. The Balaban J connectivity index is 1.38. The van der Waals surface area contributed by atoms with Crippen LogP contribution in [0.4, 0.5) is 33.3 Å². The summed E-state index contributed by atoms with van der Waals surface area (Å²) in [7, 11) is 0. The second-order valence-electron chi connectivity index (χ2n) is 10.3. The van der Waals surface area contributed by atoms with Gasteiger partial charge < -0.3 is 20.9 Å². The zero-order valence-electron chi connectivity index (χ0n) is 22.4. The molecule has 2 aliphatic rings. The molecule has 2 aromatic rings. The highest BCUT2D eigenvalue weighted by Crippen LogP contribution is 2.31. The molecule has 7 nitrogen and oxygen atoms in total. The first-order valence-corrected chi connectivity index (χ1v) is 14.0. The van der Waals surface area contributed by atoms with Crippen LogP contribution in [-0.4, -0.2) is 68.2 Å². The molecule has 0 spiro atoms. The van der Waals surface area contributed by atoms with Crippen molar-refractivity contribution in [1.29, 1.82) is 0 Å². The molecule has 3 N–H and O–H groups in total. The largest absolute Gasteiger partial charge is 0.390 e. The number of hydrogen-bond acceptors (Lipinski definition) is 5. The molecular formula is C28H33ClF5N5O2. The van der Waals surface area contributed by atoms with Gasteiger partial charge in [-0.05, 0) is 43.7 Å². The van der Waals surface area contributed by atoms with E-state index >= 15 is 0 Å². The molecule has 0 saturated carbocycles. The summed E-state index contributed by atoms with van der Waals surface area (Å²) in [6.07, 6.45) is -1.89. The number of carbonyl (C=O) groups is 2. The van der Waals surface area contributed by atoms with E-state index in [9.17, 15) is 31.5 Å². The molecule has 2 saturated heterocycles. The fraction of sp³-hybridized carbons (Fsp3) is 0.500. The third kappa shape index (κ3) is 8.76. The number of hydrogen-bond donors (Lipinski definition) is 3. The Labute approximate surface area is 240 Å². The summed E-state index contributed by atoms with van der Waals surface area (Å²) in [5.41, 5.74) is 0.228. The zero-order valence-corrected chi connectivity index (χ0v) is 23.2. The maximum absolute atomic E-state index is 15.0. The third-order valence-electron chi connectivity index (χ3n) is 7.36. The van der Waals surface area contributed by atoms with E-state index in [0.717, 1.165) is 31.9 Å². The SMILES string of the molecule is O=C(C[C@H]1CCCCN1)NCc1ccc(C(=O)Nc2ccc(Cl)cc2N2CCN(CCC(F)(F)F)CC2)c(F)c1F. The van der Waals surface area contributed by atoms with Gasteiger partial charge in [-0.25, -0.2) is 8.78 Å². The second kappa shape index (κ2) is 13.8. The number of amides is 2. The van der Waals surface area contributed by atoms with E-state index in [4.69, 9.17) is 11.6 Å². The maximum atomic E-state index is 15.0. The first-order valence-electron chi connectivity index (χ1n) is 13.6. The van der Waals surface area contributed by atoms with E-state index < -0.39 is 35.7 Å². The van der Waals surface area contributed by atoms with E-state index in [-0.39, 0.29) is 37.0 Å². The van der Waals surface area contributed by atoms with Crippen LogP contribution in [0.25, 0.3) is 0 Å². The third-order valence-corrected chi connectivity index (χ3v) is 7.59. The Bertz CT molecular complexity index is 1230. The Morgan fingerprint density at radius 2 is 1.78 bits per heavy atom. The summed E-state index contributed by atoms with van der Waals surface area (Å²) in [5, 5.41) is 8.85. The first-order chi connectivity index (χ1) is 19.5. The topological polar surface area (TPSA) is 76.7 Å². The normalized spacial score (nSPS) is 18.3. The van der Waals surface area contributed by atoms with Crippen LogP contribution in [0.2, 0.25) is 5.02 Å². The fourth-order valence-corrected chi connectivity index (χ4v) is 5.21. The molecule has 0 bridgehead atoms. The molecule has 2 aromatic carbocycles. The molecule has 41 heavy (non-hydrogen) atoms. The molecule has 224 valence electrons. The predicted molar refractivity (Wildman–Crippen MR) is 147 cm³/mol. The van der Waals surface area contributed by atoms with Crippen LogP contribution in [0.5, 0.6) is 0 Å². The van der Waals surface area contributed by atoms with Crippen molar-refractivity contribution in [3.63, 3.8) is 0 Å². The summed E-state index contributed by atoms with van der Waals surface area (Å²) in [5.74, 6) is -3.72. The van der Waals surface area contributed by atoms with Crippen molar-refractivity contribution in [3.05, 3.63) is 58.1 Å². The minimum absolute atomic E-state index is 0.0624. The first kappa shape index (κ1) is 31.0. The van der Waals surface area contributed by atoms with Gasteiger partial charge in [-0.2, -0.15) is 13.2 Å². The van der Waals surface area contributed by atoms with Crippen LogP contribution in [0.3, 0.4) is 0 Å². The van der Waals surface area contributed by atoms with Gasteiger partial charge in [0.05, 0.1) is 23.4 Å². The van der Waals surface area contributed by atoms with Gasteiger partial charge in [0.25, 0.3) is 5.91 Å². The van der Waals surface area contributed by atoms with Crippen LogP contribution >= 0.6 is 11.6 Å². The number of halogens is 6. The standard InChI is InChI=1S/C28H33ClF5N5O2/c29-19-5-7-22(23(15-19)39-13-11-38(12-14-39)10-8-28(32,33)34)37-27(41)21-6-4-18(25(30)26(21)31)17-36-24(40)16-20-3-1-2-9-35-20/h4-7,15,20,35H,1-3,8-14,16-17H2,(H,36,40)(H,37,41)/t20-/m1/s1. The minimum Gasteiger partial charge on any atom is -0.367 e. The van der Waals surface area contributed by atoms with Crippen molar-refractivity contribution in [3.8, 4) is 0 Å². The van der Waals surface area contributed by atoms with Gasteiger partial charge in [-0.15, -0.1) is 0 Å². The van der Waals surface area contributed by atoms with Crippen LogP contribution in [-0.2, 0) is 11.3 Å². The van der Waals surface area contributed by atoms with Crippen molar-refractivity contribution in [2.75, 3.05) is 49.5 Å². The van der Waals surface area contributed by atoms with E-state index in [0.29, 0.717) is 42.6 Å². The van der Waals surface area contributed by atoms with Crippen LogP contribution in [0.15, 0.2) is 30.3 Å². The molecule has 0 aromatic heterocycles. The number of piperazine rings is 1. The van der Waals surface area contributed by atoms with Crippen molar-refractivity contribution < 1.29 is 31.5 Å². The number of piperidine rings is 1. The maximum Gasteiger partial charge on any atom is 0.390 e. The van der Waals surface area contributed by atoms with Crippen LogP contribution < -0.4 is 20.9 Å². The van der Waals surface area contributed by atoms with Crippen molar-refractivity contribution >= 4 is 34.8 Å². The van der Waals surface area contributed by atoms with Gasteiger partial charge in [0, 0.05) is 62.3 Å². The van der Waals surface area contributed by atoms with E-state index in [2.05, 4.69) is 16.0 Å². The molecule has 0 unspecified atom stereocenters. The van der Waals surface area contributed by atoms with Crippen LogP contribution in [0.1, 0.15) is 48.0 Å². The fourth-order valence-electron chi connectivity index (χ4n) is 5.05. The van der Waals surface area contributed by atoms with Gasteiger partial charge in [0.15, 0.2) is 11.6 Å². The second-order valence-corrected chi connectivity index (χ2v) is 10.8. The lowest BCUT2D eigenvalue weighted by atomic mass is 10.0. The van der Waals surface area contributed by atoms with Crippen LogP contribution in [0, 0.1) is 11.6 Å². The quantitative estimate of drug-likeness (QED) is 0.349. The zero-order chi connectivity index (χ0) is 29.6. The molecule has 2 heterocycles. The molecule has 2 aliphatic heterocycles. The molecule has 4 rings (SSSR count). The highest BCUT2D eigenvalue weighted by atomic mass is 35.5. The number of rotatable bonds is 9. The number of nitrogens with zero attached hydrogens (tertiary/aromatic N) is 2. The monoisotopic (exact) mass is 601 g/mol. The lowest BCUT2D eigenvalue weighted by molar-refractivity contribution is -0.138. The summed E-state index contributed by atoms with van der Waals surface area (Å²) in [6.45, 7) is 2.07. The summed E-state index contributed by atoms with van der Waals surface area (Å²) < 4.78 is 67.5. The molecule has 1 atom stereocenters. The molecule has 0 aliphatic carbocycles. The number of alkyl halides is 3. The highest BCUT2D eigenvalue weighted by Gasteiger charge is 2.29. The number of nitrogens with one attached hydrogen (secondary N) is 3. The number of carbonyl (C=O) groups excluding carboxylic acids is 2. The Morgan fingerprint density at radius 3 is 2.46 bits per heavy atom. The highest BCUT2D eigenvalue weighted by molar-refractivity contribution is 6.31. The van der Waals surface area contributed by atoms with Gasteiger partial charge >= 0.3 is 6.18 Å². The van der Waals surface area contributed by atoms with E-state index in [1.807, 2.05) is 4.90 Å². The smallest absolute Gasteiger partial charge is 0.367 e. The van der Waals surface area contributed by atoms with E-state index in [1.54, 1.807) is 11.0 Å². The van der Waals surface area contributed by atoms with Gasteiger partial charge in [-0.3, -0.25) is 14.5 Å². The summed E-state index contributed by atoms with van der Waals surface area (Å²) in [4.78, 5) is 28.8. The molecule has 13 heteroatoms. The van der Waals surface area contributed by atoms with Crippen molar-refractivity contribution in [2.45, 2.75) is 50.9 Å². The lowest BCUT2D eigenvalue weighted by Crippen LogP contribution is -2.47. The molecular weight excluding hydrogens is 569 g/mol. The molecule has 2 amide bonds. The Morgan fingerprint density at radius 1 is 1.02 bits per heavy atom. The Kier molecular flexibility index (Phi) is 10.4. The minimum atomic E-state index is -4.23. The van der Waals surface area contributed by atoms with Crippen molar-refractivity contribution in [2.24, 2.45) is 0 Å². The van der Waals surface area contributed by atoms with Gasteiger partial charge in [0.2, 0.25) is 5.91 Å². The molecule has 2 fully saturated rings. The molecule has 0 radical (unpaired) electrons.